The first-order valence-electron chi connectivity index (χ1n) is 17.6. The van der Waals surface area contributed by atoms with E-state index in [1.54, 1.807) is 22.5 Å². The zero-order valence-corrected chi connectivity index (χ0v) is 32.9. The highest BCUT2D eigenvalue weighted by molar-refractivity contribution is 8.00. The van der Waals surface area contributed by atoms with E-state index in [-0.39, 0.29) is 33.1 Å². The highest BCUT2D eigenvalue weighted by atomic mass is 32.2. The zero-order chi connectivity index (χ0) is 37.9. The molecule has 286 valence electrons. The van der Waals surface area contributed by atoms with Gasteiger partial charge in [0, 0.05) is 54.3 Å². The Bertz CT molecular complexity index is 2040. The average Bonchev–Trinajstić information content (AvgIpc) is 3.52. The van der Waals surface area contributed by atoms with Crippen LogP contribution in [0.5, 0.6) is 0 Å². The number of allylic oxidation sites excluding steroid dienone is 4. The van der Waals surface area contributed by atoms with Gasteiger partial charge in [-0.25, -0.2) is 8.42 Å². The minimum Gasteiger partial charge on any atom is -0.513 e. The van der Waals surface area contributed by atoms with Crippen LogP contribution < -0.4 is 9.80 Å². The molecule has 1 atom stereocenters. The molecule has 0 saturated carbocycles. The van der Waals surface area contributed by atoms with Crippen molar-refractivity contribution in [1.82, 2.24) is 4.31 Å². The van der Waals surface area contributed by atoms with Crippen LogP contribution in [0.15, 0.2) is 87.3 Å². The maximum atomic E-state index is 13.5. The second-order valence-corrected chi connectivity index (χ2v) is 20.1. The summed E-state index contributed by atoms with van der Waals surface area (Å²) >= 11 is 1.51. The van der Waals surface area contributed by atoms with E-state index in [1.807, 2.05) is 38.1 Å². The highest BCUT2D eigenvalue weighted by Crippen LogP contribution is 2.49. The average molecular weight is 796 g/mol. The molecule has 0 radical (unpaired) electrons. The molecule has 12 nitrogen and oxygen atoms in total. The van der Waals surface area contributed by atoms with E-state index in [0.29, 0.717) is 39.0 Å². The van der Waals surface area contributed by atoms with Gasteiger partial charge in [0.2, 0.25) is 10.0 Å². The van der Waals surface area contributed by atoms with Gasteiger partial charge < -0.3 is 14.9 Å². The van der Waals surface area contributed by atoms with Crippen molar-refractivity contribution in [2.45, 2.75) is 97.1 Å². The Morgan fingerprint density at radius 3 is 2.23 bits per heavy atom. The molecule has 3 N–H and O–H groups in total. The number of thioether (sulfide) groups is 1. The van der Waals surface area contributed by atoms with Crippen molar-refractivity contribution in [3.8, 4) is 0 Å². The molecular weight excluding hydrogens is 747 g/mol. The summed E-state index contributed by atoms with van der Waals surface area (Å²) in [5, 5.41) is 9.25. The minimum atomic E-state index is -4.42. The maximum Gasteiger partial charge on any atom is 0.294 e. The zero-order valence-electron chi connectivity index (χ0n) is 29.6. The van der Waals surface area contributed by atoms with Gasteiger partial charge >= 0.3 is 0 Å². The second kappa shape index (κ2) is 16.2. The monoisotopic (exact) mass is 795 g/mol. The summed E-state index contributed by atoms with van der Waals surface area (Å²) in [5.41, 5.74) is 2.74. The summed E-state index contributed by atoms with van der Waals surface area (Å²) < 4.78 is 94.5. The number of hydrogen-bond donors (Lipinski definition) is 3. The third-order valence-electron chi connectivity index (χ3n) is 9.84. The van der Waals surface area contributed by atoms with Gasteiger partial charge in [0.25, 0.3) is 20.2 Å². The molecule has 3 aliphatic rings. The van der Waals surface area contributed by atoms with Crippen LogP contribution in [-0.2, 0) is 35.7 Å². The number of hydrogen-bond acceptors (Lipinski definition) is 10. The molecule has 2 aromatic rings. The molecule has 5 rings (SSSR count). The molecule has 1 saturated heterocycles. The molecule has 3 aliphatic heterocycles. The quantitative estimate of drug-likeness (QED) is 0.0915. The molecule has 1 unspecified atom stereocenters. The van der Waals surface area contributed by atoms with Gasteiger partial charge in [-0.05, 0) is 86.6 Å². The van der Waals surface area contributed by atoms with E-state index in [2.05, 4.69) is 16.4 Å². The van der Waals surface area contributed by atoms with E-state index >= 15 is 0 Å². The fourth-order valence-corrected chi connectivity index (χ4v) is 11.1. The first-order chi connectivity index (χ1) is 24.4. The van der Waals surface area contributed by atoms with Crippen LogP contribution in [0.25, 0.3) is 0 Å². The lowest BCUT2D eigenvalue weighted by Crippen LogP contribution is -2.35. The summed E-state index contributed by atoms with van der Waals surface area (Å²) in [6.45, 7) is 9.67. The Morgan fingerprint density at radius 1 is 0.885 bits per heavy atom. The molecule has 0 amide bonds. The van der Waals surface area contributed by atoms with Crippen LogP contribution >= 0.6 is 11.8 Å². The number of aliphatic hydroxyl groups excluding tert-OH is 1. The molecule has 16 heteroatoms. The van der Waals surface area contributed by atoms with E-state index < -0.39 is 35.7 Å². The Balaban J connectivity index is 1.44. The number of aliphatic hydroxyl groups is 1. The molecule has 52 heavy (non-hydrogen) atoms. The van der Waals surface area contributed by atoms with Crippen molar-refractivity contribution >= 4 is 53.4 Å². The summed E-state index contributed by atoms with van der Waals surface area (Å²) in [6.07, 6.45) is 12.3. The molecule has 2 aromatic carbocycles. The summed E-state index contributed by atoms with van der Waals surface area (Å²) in [4.78, 5) is 5.13. The Hall–Kier alpha value is -2.86. The number of fused-ring (bicyclic) bond motifs is 2. The third kappa shape index (κ3) is 9.43. The van der Waals surface area contributed by atoms with Gasteiger partial charge in [-0.15, -0.1) is 0 Å². The largest absolute Gasteiger partial charge is 0.513 e. The molecule has 0 bridgehead atoms. The fourth-order valence-electron chi connectivity index (χ4n) is 7.10. The van der Waals surface area contributed by atoms with Gasteiger partial charge in [-0.3, -0.25) is 9.11 Å². The molecule has 0 aliphatic carbocycles. The van der Waals surface area contributed by atoms with Crippen molar-refractivity contribution in [3.05, 3.63) is 78.2 Å². The number of rotatable bonds is 16. The predicted molar refractivity (Wildman–Crippen MR) is 206 cm³/mol. The van der Waals surface area contributed by atoms with Crippen molar-refractivity contribution in [1.29, 1.82) is 0 Å². The van der Waals surface area contributed by atoms with Crippen LogP contribution in [0.4, 0.5) is 11.4 Å². The summed E-state index contributed by atoms with van der Waals surface area (Å²) in [6, 6.07) is 9.80. The smallest absolute Gasteiger partial charge is 0.294 e. The fraction of sp³-hybridized carbons (Fsp3) is 0.500. The van der Waals surface area contributed by atoms with Crippen molar-refractivity contribution < 1.29 is 39.5 Å². The Morgan fingerprint density at radius 2 is 1.56 bits per heavy atom. The first kappa shape index (κ1) is 40.3. The van der Waals surface area contributed by atoms with Crippen LogP contribution in [0.1, 0.15) is 77.2 Å². The highest BCUT2D eigenvalue weighted by Gasteiger charge is 2.40. The van der Waals surface area contributed by atoms with E-state index in [1.165, 1.54) is 23.9 Å². The van der Waals surface area contributed by atoms with Crippen LogP contribution in [0.2, 0.25) is 0 Å². The number of nitrogens with zero attached hydrogens (tertiary/aromatic N) is 3. The lowest BCUT2D eigenvalue weighted by atomic mass is 9.83. The maximum absolute atomic E-state index is 13.5. The molecule has 1 fully saturated rings. The number of anilines is 2. The predicted octanol–water partition coefficient (Wildman–Crippen LogP) is 6.88. The third-order valence-corrected chi connectivity index (χ3v) is 14.6. The number of benzene rings is 2. The standard InChI is InChI=1S/C36H49N3O9S4/c1-27(40)13-6-4-9-22-38-31-18-17-29(52(46,47)48)25-30(31)36(2,3)34(38)14-12-15-35-39(23-10-11-24-50(41,42)43)32-19-16-28(26-33(32)49-35)51(44,45)37-20-7-5-8-21-37/h12,14-19,25-26,35,40H,1,4-11,13,20-24H2,2-3H3,(H,41,42,43)(H,46,47,48)/b15-12+,34-14+. The van der Waals surface area contributed by atoms with E-state index in [4.69, 9.17) is 0 Å². The Kier molecular flexibility index (Phi) is 12.6. The molecule has 0 spiro atoms. The van der Waals surface area contributed by atoms with Crippen LogP contribution in [-0.4, -0.2) is 81.1 Å². The van der Waals surface area contributed by atoms with Crippen molar-refractivity contribution in [2.75, 3.05) is 41.7 Å². The molecule has 3 heterocycles. The molecule has 0 aromatic heterocycles. The normalized spacial score (nSPS) is 20.2. The van der Waals surface area contributed by atoms with E-state index in [9.17, 15) is 39.5 Å². The van der Waals surface area contributed by atoms with Crippen LogP contribution in [0.3, 0.4) is 0 Å². The van der Waals surface area contributed by atoms with Gasteiger partial charge in [0.05, 0.1) is 32.4 Å². The first-order valence-corrected chi connectivity index (χ1v) is 22.9. The van der Waals surface area contributed by atoms with Gasteiger partial charge in [0.15, 0.2) is 0 Å². The second-order valence-electron chi connectivity index (χ2n) is 14.0. The number of sulfonamides is 1. The number of unbranched alkanes of at least 4 members (excludes halogenated alkanes) is 3. The van der Waals surface area contributed by atoms with Crippen molar-refractivity contribution in [2.24, 2.45) is 0 Å². The summed E-state index contributed by atoms with van der Waals surface area (Å²) in [7, 11) is -12.2. The van der Waals surface area contributed by atoms with E-state index in [0.717, 1.165) is 66.1 Å². The topological polar surface area (TPSA) is 173 Å². The Labute approximate surface area is 312 Å². The molecular formula is C36H49N3O9S4. The lowest BCUT2D eigenvalue weighted by molar-refractivity contribution is 0.346. The SMILES string of the molecule is C=C(O)CCCCCN1/C(=C/C=C/C2Sc3cc(S(=O)(=O)N4CCCCC4)ccc3N2CCCCS(=O)(=O)O)C(C)(C)c2cc(S(=O)(=O)O)ccc21. The minimum absolute atomic E-state index is 0.148. The van der Waals surface area contributed by atoms with Gasteiger partial charge in [0.1, 0.15) is 0 Å². The summed E-state index contributed by atoms with van der Waals surface area (Å²) in [5.74, 6) is -0.199. The van der Waals surface area contributed by atoms with Gasteiger partial charge in [-0.2, -0.15) is 21.1 Å². The van der Waals surface area contributed by atoms with Crippen molar-refractivity contribution in [3.63, 3.8) is 0 Å². The van der Waals surface area contributed by atoms with Gasteiger partial charge in [-0.1, -0.05) is 57.2 Å². The lowest BCUT2D eigenvalue weighted by Gasteiger charge is -2.27. The number of piperidine rings is 1. The van der Waals surface area contributed by atoms with Crippen LogP contribution in [0, 0.1) is 0 Å².